The number of carbonyl (C=O) groups is 1. The van der Waals surface area contributed by atoms with Gasteiger partial charge in [-0.15, -0.1) is 0 Å². The van der Waals surface area contributed by atoms with Gasteiger partial charge in [0.15, 0.2) is 0 Å². The van der Waals surface area contributed by atoms with E-state index < -0.39 is 18.6 Å². The van der Waals surface area contributed by atoms with Crippen LogP contribution in [0.25, 0.3) is 0 Å². The van der Waals surface area contributed by atoms with E-state index in [1.165, 1.54) is 0 Å². The lowest BCUT2D eigenvalue weighted by atomic mass is 10.1. The number of nitrogens with one attached hydrogen (secondary N) is 2. The predicted octanol–water partition coefficient (Wildman–Crippen LogP) is 2.69. The zero-order valence-corrected chi connectivity index (χ0v) is 10.8. The highest BCUT2D eigenvalue weighted by molar-refractivity contribution is 5.90. The van der Waals surface area contributed by atoms with E-state index in [4.69, 9.17) is 5.11 Å². The number of aliphatic hydroxyl groups is 1. The minimum Gasteiger partial charge on any atom is -0.396 e. The Labute approximate surface area is 115 Å². The van der Waals surface area contributed by atoms with Crippen LogP contribution in [0.3, 0.4) is 0 Å². The Morgan fingerprint density at radius 3 is 2.60 bits per heavy atom. The van der Waals surface area contributed by atoms with Crippen LogP contribution >= 0.6 is 0 Å². The highest BCUT2D eigenvalue weighted by atomic mass is 19.4. The van der Waals surface area contributed by atoms with Gasteiger partial charge in [-0.1, -0.05) is 18.2 Å². The molecule has 0 saturated heterocycles. The first-order valence-corrected chi connectivity index (χ1v) is 6.23. The van der Waals surface area contributed by atoms with Crippen molar-refractivity contribution < 1.29 is 23.1 Å². The number of alkyl halides is 3. The van der Waals surface area contributed by atoms with Crippen molar-refractivity contribution in [2.45, 2.75) is 25.4 Å². The van der Waals surface area contributed by atoms with E-state index in [2.05, 4.69) is 10.6 Å². The molecule has 7 heteroatoms. The number of para-hydroxylation sites is 1. The second-order valence-corrected chi connectivity index (χ2v) is 4.23. The first-order valence-electron chi connectivity index (χ1n) is 6.23. The molecule has 20 heavy (non-hydrogen) atoms. The number of hydrogen-bond acceptors (Lipinski definition) is 2. The van der Waals surface area contributed by atoms with Gasteiger partial charge in [0.2, 0.25) is 0 Å². The minimum atomic E-state index is -4.23. The van der Waals surface area contributed by atoms with Crippen LogP contribution in [0.15, 0.2) is 24.3 Å². The lowest BCUT2D eigenvalue weighted by Gasteiger charge is -2.12. The van der Waals surface area contributed by atoms with Crippen molar-refractivity contribution in [1.29, 1.82) is 0 Å². The summed E-state index contributed by atoms with van der Waals surface area (Å²) in [4.78, 5) is 11.5. The SMILES string of the molecule is O=C(NCCCO)Nc1ccccc1CCC(F)(F)F. The molecule has 0 spiro atoms. The molecular weight excluding hydrogens is 273 g/mol. The standard InChI is InChI=1S/C13H17F3N2O2/c14-13(15,16)7-6-10-4-1-2-5-11(10)18-12(20)17-8-3-9-19/h1-2,4-5,19H,3,6-9H2,(H2,17,18,20). The zero-order valence-electron chi connectivity index (χ0n) is 10.8. The number of amides is 2. The van der Waals surface area contributed by atoms with Gasteiger partial charge in [-0.05, 0) is 24.5 Å². The van der Waals surface area contributed by atoms with E-state index in [0.29, 0.717) is 24.2 Å². The first-order chi connectivity index (χ1) is 9.42. The van der Waals surface area contributed by atoms with Crippen molar-refractivity contribution >= 4 is 11.7 Å². The Hall–Kier alpha value is -1.76. The summed E-state index contributed by atoms with van der Waals surface area (Å²) in [6, 6.07) is 5.87. The minimum absolute atomic E-state index is 0.0392. The number of aliphatic hydroxyl groups excluding tert-OH is 1. The average molecular weight is 290 g/mol. The number of rotatable bonds is 6. The molecule has 0 bridgehead atoms. The van der Waals surface area contributed by atoms with Crippen molar-refractivity contribution in [3.63, 3.8) is 0 Å². The molecule has 0 radical (unpaired) electrons. The molecule has 1 aromatic carbocycles. The summed E-state index contributed by atoms with van der Waals surface area (Å²) in [6.45, 7) is 0.259. The number of urea groups is 1. The number of hydrogen-bond donors (Lipinski definition) is 3. The maximum Gasteiger partial charge on any atom is 0.389 e. The normalized spacial score (nSPS) is 11.2. The van der Waals surface area contributed by atoms with Gasteiger partial charge >= 0.3 is 12.2 Å². The van der Waals surface area contributed by atoms with Gasteiger partial charge < -0.3 is 15.7 Å². The summed E-state index contributed by atoms with van der Waals surface area (Å²) in [6.07, 6.45) is -4.92. The van der Waals surface area contributed by atoms with Crippen LogP contribution in [0.4, 0.5) is 23.7 Å². The highest BCUT2D eigenvalue weighted by Gasteiger charge is 2.26. The van der Waals surface area contributed by atoms with Crippen LogP contribution in [-0.2, 0) is 6.42 Å². The van der Waals surface area contributed by atoms with Gasteiger partial charge in [0.1, 0.15) is 0 Å². The van der Waals surface area contributed by atoms with Gasteiger partial charge in [-0.2, -0.15) is 13.2 Å². The van der Waals surface area contributed by atoms with E-state index >= 15 is 0 Å². The van der Waals surface area contributed by atoms with Crippen LogP contribution in [0.2, 0.25) is 0 Å². The predicted molar refractivity (Wildman–Crippen MR) is 69.5 cm³/mol. The zero-order chi connectivity index (χ0) is 15.0. The lowest BCUT2D eigenvalue weighted by molar-refractivity contribution is -0.133. The molecule has 0 heterocycles. The third kappa shape index (κ3) is 6.42. The number of benzene rings is 1. The summed E-state index contributed by atoms with van der Waals surface area (Å²) >= 11 is 0. The first kappa shape index (κ1) is 16.3. The number of carbonyl (C=O) groups excluding carboxylic acids is 1. The summed E-state index contributed by atoms with van der Waals surface area (Å²) in [5.41, 5.74) is 0.792. The van der Waals surface area contributed by atoms with E-state index in [1.54, 1.807) is 24.3 Å². The van der Waals surface area contributed by atoms with Gasteiger partial charge in [0.05, 0.1) is 0 Å². The molecule has 0 aliphatic heterocycles. The molecule has 0 fully saturated rings. The van der Waals surface area contributed by atoms with E-state index in [0.717, 1.165) is 0 Å². The van der Waals surface area contributed by atoms with Crippen LogP contribution < -0.4 is 10.6 Å². The fraction of sp³-hybridized carbons (Fsp3) is 0.462. The van der Waals surface area contributed by atoms with Crippen molar-refractivity contribution in [1.82, 2.24) is 5.32 Å². The molecule has 3 N–H and O–H groups in total. The Morgan fingerprint density at radius 2 is 1.95 bits per heavy atom. The van der Waals surface area contributed by atoms with Crippen molar-refractivity contribution in [2.75, 3.05) is 18.5 Å². The van der Waals surface area contributed by atoms with Crippen LogP contribution in [0.5, 0.6) is 0 Å². The Bertz CT molecular complexity index is 436. The lowest BCUT2D eigenvalue weighted by Crippen LogP contribution is -2.30. The summed E-state index contributed by atoms with van der Waals surface area (Å²) in [5, 5.41) is 13.6. The van der Waals surface area contributed by atoms with E-state index in [-0.39, 0.29) is 13.0 Å². The van der Waals surface area contributed by atoms with Crippen LogP contribution in [0, 0.1) is 0 Å². The van der Waals surface area contributed by atoms with Crippen molar-refractivity contribution in [3.05, 3.63) is 29.8 Å². The van der Waals surface area contributed by atoms with Gasteiger partial charge in [0.25, 0.3) is 0 Å². The Morgan fingerprint density at radius 1 is 1.25 bits per heavy atom. The molecule has 0 atom stereocenters. The largest absolute Gasteiger partial charge is 0.396 e. The smallest absolute Gasteiger partial charge is 0.389 e. The van der Waals surface area contributed by atoms with Gasteiger partial charge in [0, 0.05) is 25.3 Å². The third-order valence-electron chi connectivity index (χ3n) is 2.56. The van der Waals surface area contributed by atoms with Gasteiger partial charge in [-0.3, -0.25) is 0 Å². The average Bonchev–Trinajstić information content (AvgIpc) is 2.37. The highest BCUT2D eigenvalue weighted by Crippen LogP contribution is 2.25. The maximum absolute atomic E-state index is 12.2. The molecule has 2 amide bonds. The molecule has 0 aromatic heterocycles. The topological polar surface area (TPSA) is 61.4 Å². The molecule has 1 rings (SSSR count). The van der Waals surface area contributed by atoms with Crippen molar-refractivity contribution in [2.24, 2.45) is 0 Å². The van der Waals surface area contributed by atoms with E-state index in [1.807, 2.05) is 0 Å². The Balaban J connectivity index is 2.58. The second-order valence-electron chi connectivity index (χ2n) is 4.23. The summed E-state index contributed by atoms with van der Waals surface area (Å²) < 4.78 is 36.7. The molecule has 0 aliphatic rings. The quantitative estimate of drug-likeness (QED) is 0.705. The number of anilines is 1. The van der Waals surface area contributed by atoms with Gasteiger partial charge in [-0.25, -0.2) is 4.79 Å². The number of aryl methyl sites for hydroxylation is 1. The summed E-state index contributed by atoms with van der Waals surface area (Å²) in [5.74, 6) is 0. The number of halogens is 3. The fourth-order valence-corrected chi connectivity index (χ4v) is 1.58. The fourth-order valence-electron chi connectivity index (χ4n) is 1.58. The second kappa shape index (κ2) is 7.74. The third-order valence-corrected chi connectivity index (χ3v) is 2.56. The van der Waals surface area contributed by atoms with Crippen LogP contribution in [-0.4, -0.2) is 30.5 Å². The molecule has 0 aliphatic carbocycles. The molecule has 112 valence electrons. The van der Waals surface area contributed by atoms with E-state index in [9.17, 15) is 18.0 Å². The molecule has 1 aromatic rings. The van der Waals surface area contributed by atoms with Crippen LogP contribution in [0.1, 0.15) is 18.4 Å². The molecule has 0 unspecified atom stereocenters. The molecule has 4 nitrogen and oxygen atoms in total. The molecule has 0 saturated carbocycles. The maximum atomic E-state index is 12.2. The summed E-state index contributed by atoms with van der Waals surface area (Å²) in [7, 11) is 0. The van der Waals surface area contributed by atoms with Crippen molar-refractivity contribution in [3.8, 4) is 0 Å². The molecular formula is C13H17F3N2O2. The monoisotopic (exact) mass is 290 g/mol. The Kier molecular flexibility index (Phi) is 6.30.